The number of benzene rings is 1. The van der Waals surface area contributed by atoms with E-state index in [4.69, 9.17) is 10.5 Å². The number of nitrogens with two attached hydrogens (primary N) is 1. The number of para-hydroxylation sites is 1. The Balaban J connectivity index is 2.36. The van der Waals surface area contributed by atoms with Crippen LogP contribution in [0.2, 0.25) is 0 Å². The molecule has 0 radical (unpaired) electrons. The second-order valence-electron chi connectivity index (χ2n) is 5.89. The Morgan fingerprint density at radius 3 is 2.62 bits per heavy atom. The van der Waals surface area contributed by atoms with Crippen molar-refractivity contribution in [2.24, 2.45) is 5.73 Å². The van der Waals surface area contributed by atoms with Crippen molar-refractivity contribution in [3.05, 3.63) is 28.3 Å². The Hall–Kier alpha value is -1.82. The lowest BCUT2D eigenvalue weighted by Gasteiger charge is -2.30. The summed E-state index contributed by atoms with van der Waals surface area (Å²) >= 11 is 0. The Labute approximate surface area is 124 Å². The minimum Gasteiger partial charge on any atom is -0.484 e. The summed E-state index contributed by atoms with van der Waals surface area (Å²) < 4.78 is 5.57. The molecule has 0 aromatic heterocycles. The van der Waals surface area contributed by atoms with Crippen LogP contribution in [-0.2, 0) is 0 Å². The van der Waals surface area contributed by atoms with Crippen molar-refractivity contribution in [2.45, 2.75) is 51.2 Å². The van der Waals surface area contributed by atoms with Crippen LogP contribution in [0.1, 0.15) is 39.5 Å². The van der Waals surface area contributed by atoms with Crippen LogP contribution in [0.4, 0.5) is 11.4 Å². The van der Waals surface area contributed by atoms with Gasteiger partial charge in [-0.2, -0.15) is 0 Å². The minimum atomic E-state index is -0.390. The topological polar surface area (TPSA) is 90.4 Å². The highest BCUT2D eigenvalue weighted by Crippen LogP contribution is 2.40. The fraction of sp³-hybridized carbons (Fsp3) is 0.600. The maximum absolute atomic E-state index is 11.4. The number of anilines is 1. The Morgan fingerprint density at radius 2 is 2.10 bits per heavy atom. The molecule has 0 saturated heterocycles. The lowest BCUT2D eigenvalue weighted by atomic mass is 9.97. The van der Waals surface area contributed by atoms with Gasteiger partial charge in [0.1, 0.15) is 5.69 Å². The summed E-state index contributed by atoms with van der Waals surface area (Å²) in [5, 5.41) is 14.8. The summed E-state index contributed by atoms with van der Waals surface area (Å²) in [7, 11) is 0. The summed E-state index contributed by atoms with van der Waals surface area (Å²) in [5.41, 5.74) is 6.15. The smallest absolute Gasteiger partial charge is 0.333 e. The first-order valence-electron chi connectivity index (χ1n) is 7.40. The van der Waals surface area contributed by atoms with Crippen LogP contribution in [0.15, 0.2) is 18.2 Å². The fourth-order valence-electron chi connectivity index (χ4n) is 2.88. The molecule has 0 atom stereocenters. The second kappa shape index (κ2) is 6.30. The molecule has 6 heteroatoms. The fourth-order valence-corrected chi connectivity index (χ4v) is 2.88. The molecule has 2 rings (SSSR count). The molecular formula is C15H23N3O3. The van der Waals surface area contributed by atoms with Gasteiger partial charge >= 0.3 is 5.69 Å². The molecule has 3 N–H and O–H groups in total. The van der Waals surface area contributed by atoms with Crippen molar-refractivity contribution in [3.63, 3.8) is 0 Å². The van der Waals surface area contributed by atoms with E-state index < -0.39 is 0 Å². The van der Waals surface area contributed by atoms with E-state index >= 15 is 0 Å². The molecule has 0 amide bonds. The molecule has 1 saturated carbocycles. The molecule has 0 bridgehead atoms. The molecule has 0 unspecified atom stereocenters. The van der Waals surface area contributed by atoms with Crippen LogP contribution < -0.4 is 15.8 Å². The van der Waals surface area contributed by atoms with Crippen molar-refractivity contribution in [1.82, 2.24) is 0 Å². The van der Waals surface area contributed by atoms with Crippen molar-refractivity contribution < 1.29 is 9.66 Å². The largest absolute Gasteiger partial charge is 0.484 e. The number of ether oxygens (including phenoxy) is 1. The lowest BCUT2D eigenvalue weighted by Crippen LogP contribution is -2.42. The summed E-state index contributed by atoms with van der Waals surface area (Å²) in [6, 6.07) is 5.13. The van der Waals surface area contributed by atoms with E-state index in [2.05, 4.69) is 5.32 Å². The van der Waals surface area contributed by atoms with Gasteiger partial charge in [-0.3, -0.25) is 10.1 Å². The molecule has 6 nitrogen and oxygen atoms in total. The number of hydrogen-bond acceptors (Lipinski definition) is 5. The highest BCUT2D eigenvalue weighted by molar-refractivity contribution is 5.69. The third-order valence-electron chi connectivity index (χ3n) is 3.90. The van der Waals surface area contributed by atoms with E-state index in [0.717, 1.165) is 25.7 Å². The van der Waals surface area contributed by atoms with Gasteiger partial charge in [0, 0.05) is 12.1 Å². The van der Waals surface area contributed by atoms with Gasteiger partial charge in [-0.15, -0.1) is 0 Å². The molecule has 1 aliphatic carbocycles. The summed E-state index contributed by atoms with van der Waals surface area (Å²) in [6.07, 6.45) is 3.96. The number of nitrogens with zero attached hydrogens (tertiary/aromatic N) is 1. The molecular weight excluding hydrogens is 270 g/mol. The zero-order valence-corrected chi connectivity index (χ0v) is 12.6. The molecule has 0 aliphatic heterocycles. The van der Waals surface area contributed by atoms with E-state index in [1.54, 1.807) is 18.2 Å². The first kappa shape index (κ1) is 15.6. The van der Waals surface area contributed by atoms with Crippen LogP contribution in [0.25, 0.3) is 0 Å². The molecule has 1 fully saturated rings. The van der Waals surface area contributed by atoms with Crippen LogP contribution >= 0.6 is 0 Å². The standard InChI is InChI=1S/C15H23N3O3/c1-11(2)21-13-7-5-6-12(14(13)18(19)20)17-15(10-16)8-3-4-9-15/h5-7,11,17H,3-4,8-10,16H2,1-2H3. The Kier molecular flexibility index (Phi) is 4.67. The highest BCUT2D eigenvalue weighted by atomic mass is 16.6. The van der Waals surface area contributed by atoms with E-state index in [1.807, 2.05) is 13.8 Å². The van der Waals surface area contributed by atoms with Crippen molar-refractivity contribution in [1.29, 1.82) is 0 Å². The molecule has 1 aromatic rings. The van der Waals surface area contributed by atoms with E-state index in [9.17, 15) is 10.1 Å². The SMILES string of the molecule is CC(C)Oc1cccc(NC2(CN)CCCC2)c1[N+](=O)[O-]. The van der Waals surface area contributed by atoms with Gasteiger partial charge in [0.2, 0.25) is 0 Å². The number of nitrogens with one attached hydrogen (secondary N) is 1. The van der Waals surface area contributed by atoms with Crippen LogP contribution in [0.3, 0.4) is 0 Å². The van der Waals surface area contributed by atoms with Crippen LogP contribution in [-0.4, -0.2) is 23.1 Å². The Bertz CT molecular complexity index is 511. The number of nitro benzene ring substituents is 1. The van der Waals surface area contributed by atoms with Crippen LogP contribution in [0.5, 0.6) is 5.75 Å². The van der Waals surface area contributed by atoms with E-state index in [0.29, 0.717) is 18.0 Å². The quantitative estimate of drug-likeness (QED) is 0.621. The summed E-state index contributed by atoms with van der Waals surface area (Å²) in [5.74, 6) is 0.296. The maximum Gasteiger partial charge on any atom is 0.333 e. The highest BCUT2D eigenvalue weighted by Gasteiger charge is 2.35. The summed E-state index contributed by atoms with van der Waals surface area (Å²) in [6.45, 7) is 4.17. The lowest BCUT2D eigenvalue weighted by molar-refractivity contribution is -0.385. The van der Waals surface area contributed by atoms with Gasteiger partial charge in [0.05, 0.1) is 11.0 Å². The van der Waals surface area contributed by atoms with Crippen LogP contribution in [0, 0.1) is 10.1 Å². The number of hydrogen-bond donors (Lipinski definition) is 2. The van der Waals surface area contributed by atoms with E-state index in [-0.39, 0.29) is 22.3 Å². The van der Waals surface area contributed by atoms with Crippen molar-refractivity contribution in [3.8, 4) is 5.75 Å². The molecule has 1 aliphatic rings. The molecule has 1 aromatic carbocycles. The molecule has 0 heterocycles. The predicted molar refractivity (Wildman–Crippen MR) is 82.7 cm³/mol. The van der Waals surface area contributed by atoms with Gasteiger partial charge in [0.15, 0.2) is 5.75 Å². The first-order chi connectivity index (χ1) is 9.97. The number of rotatable bonds is 6. The van der Waals surface area contributed by atoms with Gasteiger partial charge in [-0.25, -0.2) is 0 Å². The van der Waals surface area contributed by atoms with E-state index in [1.165, 1.54) is 0 Å². The predicted octanol–water partition coefficient (Wildman–Crippen LogP) is 3.07. The van der Waals surface area contributed by atoms with Gasteiger partial charge in [0.25, 0.3) is 0 Å². The third-order valence-corrected chi connectivity index (χ3v) is 3.90. The summed E-state index contributed by atoms with van der Waals surface area (Å²) in [4.78, 5) is 11.1. The van der Waals surface area contributed by atoms with Gasteiger partial charge in [-0.05, 0) is 38.8 Å². The zero-order valence-electron chi connectivity index (χ0n) is 12.6. The molecule has 116 valence electrons. The van der Waals surface area contributed by atoms with Crippen molar-refractivity contribution in [2.75, 3.05) is 11.9 Å². The average molecular weight is 293 g/mol. The van der Waals surface area contributed by atoms with Crippen molar-refractivity contribution >= 4 is 11.4 Å². The first-order valence-corrected chi connectivity index (χ1v) is 7.40. The minimum absolute atomic E-state index is 0.00840. The zero-order chi connectivity index (χ0) is 15.5. The third kappa shape index (κ3) is 3.44. The Morgan fingerprint density at radius 1 is 1.43 bits per heavy atom. The maximum atomic E-state index is 11.4. The normalized spacial score (nSPS) is 17.0. The average Bonchev–Trinajstić information content (AvgIpc) is 2.87. The molecule has 0 spiro atoms. The number of nitro groups is 1. The van der Waals surface area contributed by atoms with Gasteiger partial charge in [-0.1, -0.05) is 18.9 Å². The van der Waals surface area contributed by atoms with Gasteiger partial charge < -0.3 is 15.8 Å². The second-order valence-corrected chi connectivity index (χ2v) is 5.89. The monoisotopic (exact) mass is 293 g/mol. The molecule has 21 heavy (non-hydrogen) atoms.